The molecule has 1 aliphatic carbocycles. The fraction of sp³-hybridized carbons (Fsp3) is 0.364. The maximum absolute atomic E-state index is 14.4. The highest BCUT2D eigenvalue weighted by molar-refractivity contribution is 7.87. The Hall–Kier alpha value is -2.40. The predicted molar refractivity (Wildman–Crippen MR) is 116 cm³/mol. The van der Waals surface area contributed by atoms with E-state index in [-0.39, 0.29) is 30.5 Å². The average molecular weight is 468 g/mol. The van der Waals surface area contributed by atoms with Gasteiger partial charge in [0, 0.05) is 24.0 Å². The molecule has 1 atom stereocenters. The molecule has 32 heavy (non-hydrogen) atoms. The number of benzene rings is 2. The molecule has 1 fully saturated rings. The first-order valence-electron chi connectivity index (χ1n) is 10.3. The van der Waals surface area contributed by atoms with Crippen LogP contribution in [0.4, 0.5) is 13.2 Å². The van der Waals surface area contributed by atoms with Gasteiger partial charge < -0.3 is 10.1 Å². The fourth-order valence-electron chi connectivity index (χ4n) is 4.22. The van der Waals surface area contributed by atoms with E-state index in [1.54, 1.807) is 19.1 Å². The molecule has 4 N–H and O–H groups in total. The zero-order valence-electron chi connectivity index (χ0n) is 17.3. The molecule has 10 heteroatoms. The van der Waals surface area contributed by atoms with E-state index >= 15 is 0 Å². The van der Waals surface area contributed by atoms with Crippen LogP contribution in [0.15, 0.2) is 36.4 Å². The van der Waals surface area contributed by atoms with Crippen molar-refractivity contribution in [1.29, 1.82) is 0 Å². The second kappa shape index (κ2) is 8.86. The van der Waals surface area contributed by atoms with Crippen LogP contribution in [0.1, 0.15) is 31.2 Å². The Morgan fingerprint density at radius 3 is 2.47 bits per heavy atom. The summed E-state index contributed by atoms with van der Waals surface area (Å²) >= 11 is 0. The van der Waals surface area contributed by atoms with Crippen LogP contribution in [0.25, 0.3) is 22.2 Å². The van der Waals surface area contributed by atoms with Crippen LogP contribution in [0.3, 0.4) is 0 Å². The fourth-order valence-corrected chi connectivity index (χ4v) is 5.36. The number of aliphatic hydroxyl groups is 1. The minimum atomic E-state index is -3.74. The van der Waals surface area contributed by atoms with E-state index in [1.807, 2.05) is 0 Å². The van der Waals surface area contributed by atoms with Gasteiger partial charge in [-0.05, 0) is 73.1 Å². The van der Waals surface area contributed by atoms with Gasteiger partial charge in [0.15, 0.2) is 0 Å². The molecule has 6 nitrogen and oxygen atoms in total. The number of halogens is 3. The van der Waals surface area contributed by atoms with Crippen molar-refractivity contribution in [3.8, 4) is 11.3 Å². The molecular weight excluding hydrogens is 443 g/mol. The number of aromatic amines is 1. The van der Waals surface area contributed by atoms with Crippen molar-refractivity contribution in [2.75, 3.05) is 13.2 Å². The third-order valence-electron chi connectivity index (χ3n) is 5.83. The van der Waals surface area contributed by atoms with E-state index in [0.717, 1.165) is 11.6 Å². The third kappa shape index (κ3) is 4.68. The Kier molecular flexibility index (Phi) is 6.30. The number of H-pyrrole nitrogens is 1. The van der Waals surface area contributed by atoms with Gasteiger partial charge in [0.2, 0.25) is 0 Å². The molecule has 0 bridgehead atoms. The van der Waals surface area contributed by atoms with Gasteiger partial charge in [0.25, 0.3) is 10.2 Å². The highest BCUT2D eigenvalue weighted by Gasteiger charge is 2.35. The number of fused-ring (bicyclic) bond motifs is 1. The largest absolute Gasteiger partial charge is 0.395 e. The Labute approximate surface area is 184 Å². The lowest BCUT2D eigenvalue weighted by atomic mass is 9.70. The second-order valence-corrected chi connectivity index (χ2v) is 9.85. The summed E-state index contributed by atoms with van der Waals surface area (Å²) in [6.45, 7) is 1.44. The summed E-state index contributed by atoms with van der Waals surface area (Å²) in [5.74, 6) is -1.78. The number of hydrogen-bond donors (Lipinski definition) is 4. The van der Waals surface area contributed by atoms with E-state index in [4.69, 9.17) is 5.11 Å². The van der Waals surface area contributed by atoms with Gasteiger partial charge in [-0.15, -0.1) is 0 Å². The second-order valence-electron chi connectivity index (χ2n) is 8.32. The molecule has 0 saturated heterocycles. The summed E-state index contributed by atoms with van der Waals surface area (Å²) in [6.07, 6.45) is 1.24. The number of nitrogens with one attached hydrogen (secondary N) is 3. The smallest absolute Gasteiger partial charge is 0.277 e. The summed E-state index contributed by atoms with van der Waals surface area (Å²) in [7, 11) is -3.74. The van der Waals surface area contributed by atoms with Crippen LogP contribution in [-0.2, 0) is 10.2 Å². The predicted octanol–water partition coefficient (Wildman–Crippen LogP) is 3.55. The normalized spacial score (nSPS) is 19.8. The maximum Gasteiger partial charge on any atom is 0.277 e. The minimum absolute atomic E-state index is 0.0381. The molecule has 0 spiro atoms. The van der Waals surface area contributed by atoms with Crippen LogP contribution < -0.4 is 9.44 Å². The Balaban J connectivity index is 1.57. The van der Waals surface area contributed by atoms with Crippen molar-refractivity contribution in [3.63, 3.8) is 0 Å². The van der Waals surface area contributed by atoms with E-state index < -0.39 is 33.7 Å². The highest BCUT2D eigenvalue weighted by Crippen LogP contribution is 2.48. The summed E-state index contributed by atoms with van der Waals surface area (Å²) < 4.78 is 70.6. The number of aromatic nitrogens is 1. The van der Waals surface area contributed by atoms with Crippen LogP contribution >= 0.6 is 0 Å². The van der Waals surface area contributed by atoms with Gasteiger partial charge in [0.05, 0.1) is 17.8 Å². The van der Waals surface area contributed by atoms with Gasteiger partial charge in [-0.2, -0.15) is 13.1 Å². The first kappa shape index (κ1) is 22.8. The Morgan fingerprint density at radius 1 is 1.12 bits per heavy atom. The molecule has 0 unspecified atom stereocenters. The molecule has 0 amide bonds. The van der Waals surface area contributed by atoms with Crippen LogP contribution in [-0.4, -0.2) is 37.7 Å². The van der Waals surface area contributed by atoms with Gasteiger partial charge in [-0.1, -0.05) is 0 Å². The monoisotopic (exact) mass is 467 g/mol. The number of aliphatic hydroxyl groups excluding tert-OH is 1. The first-order chi connectivity index (χ1) is 15.2. The van der Waals surface area contributed by atoms with E-state index in [0.29, 0.717) is 29.5 Å². The molecule has 3 aromatic rings. The van der Waals surface area contributed by atoms with Crippen molar-refractivity contribution in [2.45, 2.75) is 31.7 Å². The molecule has 1 saturated carbocycles. The quantitative estimate of drug-likeness (QED) is 0.408. The zero-order valence-corrected chi connectivity index (χ0v) is 18.1. The van der Waals surface area contributed by atoms with E-state index in [9.17, 15) is 21.6 Å². The summed E-state index contributed by atoms with van der Waals surface area (Å²) in [5, 5.41) is 9.44. The van der Waals surface area contributed by atoms with E-state index in [1.165, 1.54) is 18.2 Å². The molecule has 1 heterocycles. The van der Waals surface area contributed by atoms with Crippen LogP contribution in [0, 0.1) is 23.4 Å². The molecule has 0 aliphatic heterocycles. The number of rotatable bonds is 8. The lowest BCUT2D eigenvalue weighted by Gasteiger charge is -2.36. The van der Waals surface area contributed by atoms with Crippen molar-refractivity contribution in [2.24, 2.45) is 5.92 Å². The third-order valence-corrected chi connectivity index (χ3v) is 7.09. The zero-order chi connectivity index (χ0) is 23.0. The van der Waals surface area contributed by atoms with Gasteiger partial charge in [0.1, 0.15) is 17.5 Å². The van der Waals surface area contributed by atoms with Crippen LogP contribution in [0.2, 0.25) is 0 Å². The maximum atomic E-state index is 14.4. The summed E-state index contributed by atoms with van der Waals surface area (Å²) in [4.78, 5) is 3.03. The van der Waals surface area contributed by atoms with Gasteiger partial charge >= 0.3 is 0 Å². The average Bonchev–Trinajstić information content (AvgIpc) is 3.06. The molecule has 4 rings (SSSR count). The van der Waals surface area contributed by atoms with E-state index in [2.05, 4.69) is 14.4 Å². The number of hydrogen-bond acceptors (Lipinski definition) is 3. The van der Waals surface area contributed by atoms with Gasteiger partial charge in [-0.25, -0.2) is 17.9 Å². The van der Waals surface area contributed by atoms with Crippen molar-refractivity contribution in [3.05, 3.63) is 59.4 Å². The SMILES string of the molecule is C[C@@H](CO)NS(=O)(=O)NC[C@H]1C[C@H](c2c(-c3ccc(F)cc3)[nH]c3c(F)cc(F)cc32)C1. The van der Waals surface area contributed by atoms with Crippen LogP contribution in [0.5, 0.6) is 0 Å². The van der Waals surface area contributed by atoms with Crippen molar-refractivity contribution >= 4 is 21.1 Å². The lowest BCUT2D eigenvalue weighted by Crippen LogP contribution is -2.45. The summed E-state index contributed by atoms with van der Waals surface area (Å²) in [5.41, 5.74) is 2.19. The standard InChI is InChI=1S/C22H24F3N3O3S/c1-12(11-29)28-32(30,31)26-10-13-6-15(7-13)20-18-8-17(24)9-19(25)22(18)27-21(20)14-2-4-16(23)5-3-14/h2-5,8-9,12-13,15,26-29H,6-7,10-11H2,1H3/t12-,13-,15-/m0/s1. The topological polar surface area (TPSA) is 94.2 Å². The first-order valence-corrected chi connectivity index (χ1v) is 11.8. The molecule has 172 valence electrons. The summed E-state index contributed by atoms with van der Waals surface area (Å²) in [6, 6.07) is 7.27. The molecule has 2 aromatic carbocycles. The molecular formula is C22H24F3N3O3S. The molecule has 1 aliphatic rings. The molecule has 0 radical (unpaired) electrons. The molecule has 1 aromatic heterocycles. The van der Waals surface area contributed by atoms with Crippen molar-refractivity contribution in [1.82, 2.24) is 14.4 Å². The minimum Gasteiger partial charge on any atom is -0.395 e. The lowest BCUT2D eigenvalue weighted by molar-refractivity contribution is 0.260. The van der Waals surface area contributed by atoms with Gasteiger partial charge in [-0.3, -0.25) is 0 Å². The highest BCUT2D eigenvalue weighted by atomic mass is 32.2. The van der Waals surface area contributed by atoms with Crippen molar-refractivity contribution < 1.29 is 26.7 Å². The Morgan fingerprint density at radius 2 is 1.81 bits per heavy atom. The Bertz CT molecular complexity index is 1220.